The van der Waals surface area contributed by atoms with E-state index in [1.807, 2.05) is 0 Å². The fourth-order valence-corrected chi connectivity index (χ4v) is 4.47. The molecular formula is C28H27NO. The van der Waals surface area contributed by atoms with Crippen molar-refractivity contribution in [1.29, 1.82) is 0 Å². The highest BCUT2D eigenvalue weighted by atomic mass is 16.5. The molecule has 0 saturated carbocycles. The molecule has 0 radical (unpaired) electrons. The summed E-state index contributed by atoms with van der Waals surface area (Å²) in [5.41, 5.74) is 5.14. The van der Waals surface area contributed by atoms with E-state index < -0.39 is 0 Å². The second-order valence-corrected chi connectivity index (χ2v) is 8.12. The van der Waals surface area contributed by atoms with Gasteiger partial charge in [-0.3, -0.25) is 0 Å². The van der Waals surface area contributed by atoms with Gasteiger partial charge in [0, 0.05) is 12.5 Å². The van der Waals surface area contributed by atoms with Crippen molar-refractivity contribution < 1.29 is 4.74 Å². The molecule has 1 fully saturated rings. The van der Waals surface area contributed by atoms with Gasteiger partial charge in [-0.1, -0.05) is 91.0 Å². The number of hydrogen-bond acceptors (Lipinski definition) is 2. The van der Waals surface area contributed by atoms with Crippen molar-refractivity contribution in [3.05, 3.63) is 108 Å². The van der Waals surface area contributed by atoms with Gasteiger partial charge < -0.3 is 10.1 Å². The van der Waals surface area contributed by atoms with E-state index in [4.69, 9.17) is 4.74 Å². The number of piperidine rings is 1. The predicted octanol–water partition coefficient (Wildman–Crippen LogP) is 6.17. The fourth-order valence-electron chi connectivity index (χ4n) is 4.47. The van der Waals surface area contributed by atoms with Crippen LogP contribution in [0.25, 0.3) is 21.9 Å². The second-order valence-electron chi connectivity index (χ2n) is 8.12. The Morgan fingerprint density at radius 2 is 1.47 bits per heavy atom. The topological polar surface area (TPSA) is 21.3 Å². The summed E-state index contributed by atoms with van der Waals surface area (Å²) in [5, 5.41) is 6.06. The van der Waals surface area contributed by atoms with Crippen LogP contribution in [0.3, 0.4) is 0 Å². The van der Waals surface area contributed by atoms with Crippen molar-refractivity contribution in [2.45, 2.75) is 25.0 Å². The Hall–Kier alpha value is -2.94. The Balaban J connectivity index is 1.30. The highest BCUT2D eigenvalue weighted by molar-refractivity contribution is 5.82. The number of fused-ring (bicyclic) bond motifs is 1. The lowest BCUT2D eigenvalue weighted by Gasteiger charge is -2.32. The molecule has 2 heteroatoms. The summed E-state index contributed by atoms with van der Waals surface area (Å²) < 4.78 is 6.44. The van der Waals surface area contributed by atoms with Gasteiger partial charge in [0.05, 0.1) is 12.7 Å². The van der Waals surface area contributed by atoms with Crippen LogP contribution in [-0.4, -0.2) is 19.2 Å². The van der Waals surface area contributed by atoms with Crippen LogP contribution in [-0.2, 0) is 11.3 Å². The van der Waals surface area contributed by atoms with Crippen LogP contribution in [0.4, 0.5) is 0 Å². The number of ether oxygens (including phenoxy) is 1. The maximum atomic E-state index is 6.44. The van der Waals surface area contributed by atoms with E-state index in [2.05, 4.69) is 102 Å². The fraction of sp³-hybridized carbons (Fsp3) is 0.214. The zero-order chi connectivity index (χ0) is 20.2. The Bertz CT molecular complexity index is 1100. The molecule has 1 saturated heterocycles. The minimum absolute atomic E-state index is 0.188. The molecule has 150 valence electrons. The van der Waals surface area contributed by atoms with E-state index in [9.17, 15) is 0 Å². The van der Waals surface area contributed by atoms with Crippen molar-refractivity contribution >= 4 is 10.8 Å². The third kappa shape index (κ3) is 4.16. The first-order valence-electron chi connectivity index (χ1n) is 10.8. The normalized spacial score (nSPS) is 19.1. The number of benzene rings is 4. The molecule has 4 aromatic rings. The van der Waals surface area contributed by atoms with E-state index in [0.717, 1.165) is 19.5 Å². The van der Waals surface area contributed by atoms with Crippen LogP contribution in [0.2, 0.25) is 0 Å². The van der Waals surface area contributed by atoms with Crippen LogP contribution >= 0.6 is 0 Å². The van der Waals surface area contributed by atoms with Gasteiger partial charge in [-0.2, -0.15) is 0 Å². The standard InChI is InChI=1S/C28H27NO/c1-2-6-22(7-3-1)24-12-14-25(15-13-24)27-16-17-29-19-28(27)30-20-21-10-11-23-8-4-5-9-26(23)18-21/h1-15,18,27-29H,16-17,19-20H2. The van der Waals surface area contributed by atoms with Gasteiger partial charge in [-0.15, -0.1) is 0 Å². The SMILES string of the molecule is c1ccc(-c2ccc(C3CCNCC3OCc3ccc4ccccc4c3)cc2)cc1. The molecular weight excluding hydrogens is 366 g/mol. The maximum Gasteiger partial charge on any atom is 0.0772 e. The van der Waals surface area contributed by atoms with E-state index in [0.29, 0.717) is 12.5 Å². The third-order valence-corrected chi connectivity index (χ3v) is 6.15. The highest BCUT2D eigenvalue weighted by Crippen LogP contribution is 2.30. The monoisotopic (exact) mass is 393 g/mol. The van der Waals surface area contributed by atoms with E-state index in [-0.39, 0.29) is 6.10 Å². The Kier molecular flexibility index (Phi) is 5.60. The molecule has 0 bridgehead atoms. The van der Waals surface area contributed by atoms with E-state index in [1.165, 1.54) is 33.0 Å². The highest BCUT2D eigenvalue weighted by Gasteiger charge is 2.27. The summed E-state index contributed by atoms with van der Waals surface area (Å²) in [4.78, 5) is 0. The van der Waals surface area contributed by atoms with Crippen LogP contribution in [0.5, 0.6) is 0 Å². The summed E-state index contributed by atoms with van der Waals surface area (Å²) >= 11 is 0. The summed E-state index contributed by atoms with van der Waals surface area (Å²) in [7, 11) is 0. The minimum Gasteiger partial charge on any atom is -0.372 e. The van der Waals surface area contributed by atoms with Crippen molar-refractivity contribution in [2.75, 3.05) is 13.1 Å². The zero-order valence-electron chi connectivity index (χ0n) is 17.1. The lowest BCUT2D eigenvalue weighted by atomic mass is 9.87. The van der Waals surface area contributed by atoms with E-state index in [1.54, 1.807) is 0 Å². The van der Waals surface area contributed by atoms with Crippen molar-refractivity contribution in [3.63, 3.8) is 0 Å². The Morgan fingerprint density at radius 1 is 0.733 bits per heavy atom. The van der Waals surface area contributed by atoms with Crippen LogP contribution in [0.15, 0.2) is 97.1 Å². The average Bonchev–Trinajstić information content (AvgIpc) is 2.83. The summed E-state index contributed by atoms with van der Waals surface area (Å²) in [6.45, 7) is 2.59. The van der Waals surface area contributed by atoms with Gasteiger partial charge in [0.25, 0.3) is 0 Å². The molecule has 1 aliphatic rings. The Labute approximate surface area is 178 Å². The van der Waals surface area contributed by atoms with Gasteiger partial charge in [0.15, 0.2) is 0 Å². The molecule has 5 rings (SSSR count). The summed E-state index contributed by atoms with van der Waals surface area (Å²) in [5.74, 6) is 0.427. The van der Waals surface area contributed by atoms with Gasteiger partial charge in [-0.05, 0) is 52.1 Å². The average molecular weight is 394 g/mol. The lowest BCUT2D eigenvalue weighted by Crippen LogP contribution is -2.40. The maximum absolute atomic E-state index is 6.44. The van der Waals surface area contributed by atoms with Gasteiger partial charge in [-0.25, -0.2) is 0 Å². The first-order valence-corrected chi connectivity index (χ1v) is 10.8. The van der Waals surface area contributed by atoms with Crippen molar-refractivity contribution in [1.82, 2.24) is 5.32 Å². The molecule has 1 heterocycles. The number of rotatable bonds is 5. The number of hydrogen-bond donors (Lipinski definition) is 1. The van der Waals surface area contributed by atoms with E-state index >= 15 is 0 Å². The molecule has 0 aliphatic carbocycles. The Morgan fingerprint density at radius 3 is 2.30 bits per heavy atom. The zero-order valence-corrected chi connectivity index (χ0v) is 17.1. The van der Waals surface area contributed by atoms with Crippen molar-refractivity contribution in [3.8, 4) is 11.1 Å². The first kappa shape index (κ1) is 19.0. The molecule has 2 unspecified atom stereocenters. The third-order valence-electron chi connectivity index (χ3n) is 6.15. The number of nitrogens with one attached hydrogen (secondary N) is 1. The molecule has 2 atom stereocenters. The van der Waals surface area contributed by atoms with Gasteiger partial charge >= 0.3 is 0 Å². The molecule has 2 nitrogen and oxygen atoms in total. The predicted molar refractivity (Wildman–Crippen MR) is 125 cm³/mol. The first-order chi connectivity index (χ1) is 14.9. The van der Waals surface area contributed by atoms with Crippen molar-refractivity contribution in [2.24, 2.45) is 0 Å². The lowest BCUT2D eigenvalue weighted by molar-refractivity contribution is 0.0107. The summed E-state index contributed by atoms with van der Waals surface area (Å²) in [6, 6.07) is 34.7. The minimum atomic E-state index is 0.188. The molecule has 1 aliphatic heterocycles. The largest absolute Gasteiger partial charge is 0.372 e. The summed E-state index contributed by atoms with van der Waals surface area (Å²) in [6.07, 6.45) is 1.29. The second kappa shape index (κ2) is 8.83. The molecule has 0 amide bonds. The van der Waals surface area contributed by atoms with Gasteiger partial charge in [0.2, 0.25) is 0 Å². The molecule has 1 N–H and O–H groups in total. The molecule has 30 heavy (non-hydrogen) atoms. The van der Waals surface area contributed by atoms with Crippen LogP contribution < -0.4 is 5.32 Å². The molecule has 0 aromatic heterocycles. The molecule has 0 spiro atoms. The smallest absolute Gasteiger partial charge is 0.0772 e. The molecule has 4 aromatic carbocycles. The van der Waals surface area contributed by atoms with Crippen LogP contribution in [0, 0.1) is 0 Å². The van der Waals surface area contributed by atoms with Gasteiger partial charge in [0.1, 0.15) is 0 Å². The quantitative estimate of drug-likeness (QED) is 0.438. The van der Waals surface area contributed by atoms with Crippen LogP contribution in [0.1, 0.15) is 23.5 Å².